The highest BCUT2D eigenvalue weighted by Gasteiger charge is 2.36. The van der Waals surface area contributed by atoms with E-state index in [1.165, 1.54) is 12.3 Å². The summed E-state index contributed by atoms with van der Waals surface area (Å²) in [6, 6.07) is 1.42. The average molecular weight is 293 g/mol. The van der Waals surface area contributed by atoms with Gasteiger partial charge in [0.25, 0.3) is 5.69 Å². The van der Waals surface area contributed by atoms with E-state index in [9.17, 15) is 15.2 Å². The molecule has 0 atom stereocenters. The number of nitrogens with one attached hydrogen (secondary N) is 1. The lowest BCUT2D eigenvalue weighted by atomic mass is 9.71. The number of hydrogen-bond donors (Lipinski definition) is 2. The molecule has 0 saturated heterocycles. The van der Waals surface area contributed by atoms with E-state index in [0.29, 0.717) is 17.9 Å². The van der Waals surface area contributed by atoms with E-state index in [0.717, 1.165) is 25.7 Å². The van der Waals surface area contributed by atoms with Crippen LogP contribution in [0.1, 0.15) is 45.1 Å². The van der Waals surface area contributed by atoms with Crippen LogP contribution in [0.2, 0.25) is 0 Å². The van der Waals surface area contributed by atoms with Crippen LogP contribution in [0.15, 0.2) is 12.3 Å². The summed E-state index contributed by atoms with van der Waals surface area (Å²) >= 11 is 0. The van der Waals surface area contributed by atoms with Gasteiger partial charge in [0, 0.05) is 18.3 Å². The van der Waals surface area contributed by atoms with E-state index >= 15 is 0 Å². The molecule has 2 rings (SSSR count). The normalized spacial score (nSPS) is 20.0. The zero-order valence-corrected chi connectivity index (χ0v) is 12.8. The first-order chi connectivity index (χ1) is 9.71. The maximum atomic E-state index is 10.9. The van der Waals surface area contributed by atoms with Crippen molar-refractivity contribution in [3.63, 3.8) is 0 Å². The van der Waals surface area contributed by atoms with Crippen LogP contribution >= 0.6 is 0 Å². The van der Waals surface area contributed by atoms with E-state index in [4.69, 9.17) is 0 Å². The summed E-state index contributed by atoms with van der Waals surface area (Å²) in [6.45, 7) is 6.46. The summed E-state index contributed by atoms with van der Waals surface area (Å²) in [7, 11) is 0. The molecule has 1 aliphatic rings. The van der Waals surface area contributed by atoms with Gasteiger partial charge in [0.05, 0.1) is 16.6 Å². The van der Waals surface area contributed by atoms with E-state index < -0.39 is 10.5 Å². The van der Waals surface area contributed by atoms with Crippen molar-refractivity contribution >= 4 is 11.5 Å². The number of aryl methyl sites for hydroxylation is 1. The number of aromatic nitrogens is 1. The van der Waals surface area contributed by atoms with Gasteiger partial charge in [-0.25, -0.2) is 4.98 Å². The number of nitrogens with zero attached hydrogens (tertiary/aromatic N) is 2. The molecule has 0 amide bonds. The molecule has 0 unspecified atom stereocenters. The molecule has 0 bridgehead atoms. The van der Waals surface area contributed by atoms with Gasteiger partial charge in [-0.15, -0.1) is 0 Å². The maximum absolute atomic E-state index is 10.9. The lowest BCUT2D eigenvalue weighted by molar-refractivity contribution is -0.385. The predicted molar refractivity (Wildman–Crippen MR) is 81.3 cm³/mol. The minimum absolute atomic E-state index is 0.0456. The van der Waals surface area contributed by atoms with Crippen molar-refractivity contribution in [1.29, 1.82) is 0 Å². The molecule has 1 aromatic heterocycles. The summed E-state index contributed by atoms with van der Waals surface area (Å²) in [5.74, 6) is 0.436. The first-order valence-electron chi connectivity index (χ1n) is 7.28. The van der Waals surface area contributed by atoms with Gasteiger partial charge in [0.15, 0.2) is 0 Å². The number of rotatable bonds is 4. The standard InChI is InChI=1S/C15H23N3O3/c1-11-9-16-13(8-12(11)18(20)21)17-10-15(19)6-4-14(2,3)5-7-15/h8-9,19H,4-7,10H2,1-3H3,(H,16,17). The Labute approximate surface area is 124 Å². The van der Waals surface area contributed by atoms with Crippen molar-refractivity contribution in [2.75, 3.05) is 11.9 Å². The molecule has 6 nitrogen and oxygen atoms in total. The van der Waals surface area contributed by atoms with Crippen LogP contribution in [0, 0.1) is 22.5 Å². The van der Waals surface area contributed by atoms with Gasteiger partial charge in [-0.1, -0.05) is 13.8 Å². The second-order valence-electron chi connectivity index (χ2n) is 6.86. The van der Waals surface area contributed by atoms with Gasteiger partial charge in [-0.2, -0.15) is 0 Å². The Kier molecular flexibility index (Phi) is 4.18. The summed E-state index contributed by atoms with van der Waals surface area (Å²) in [5, 5.41) is 24.5. The number of hydrogen-bond acceptors (Lipinski definition) is 5. The molecule has 116 valence electrons. The average Bonchev–Trinajstić information content (AvgIpc) is 2.42. The molecule has 0 aromatic carbocycles. The van der Waals surface area contributed by atoms with Crippen LogP contribution in [-0.2, 0) is 0 Å². The third-order valence-corrected chi connectivity index (χ3v) is 4.40. The summed E-state index contributed by atoms with van der Waals surface area (Å²) in [4.78, 5) is 14.6. The van der Waals surface area contributed by atoms with Gasteiger partial charge in [0.2, 0.25) is 0 Å². The van der Waals surface area contributed by atoms with Crippen LogP contribution in [-0.4, -0.2) is 27.2 Å². The fraction of sp³-hybridized carbons (Fsp3) is 0.667. The van der Waals surface area contributed by atoms with Crippen molar-refractivity contribution < 1.29 is 10.0 Å². The van der Waals surface area contributed by atoms with Gasteiger partial charge >= 0.3 is 0 Å². The minimum atomic E-state index is -0.753. The highest BCUT2D eigenvalue weighted by atomic mass is 16.6. The van der Waals surface area contributed by atoms with Crippen LogP contribution < -0.4 is 5.32 Å². The molecule has 0 radical (unpaired) electrons. The second kappa shape index (κ2) is 5.60. The first-order valence-corrected chi connectivity index (χ1v) is 7.28. The van der Waals surface area contributed by atoms with E-state index in [1.807, 2.05) is 0 Å². The number of pyridine rings is 1. The molecule has 6 heteroatoms. The van der Waals surface area contributed by atoms with Gasteiger partial charge in [-0.3, -0.25) is 10.1 Å². The minimum Gasteiger partial charge on any atom is -0.388 e. The van der Waals surface area contributed by atoms with Crippen molar-refractivity contribution in [3.05, 3.63) is 27.9 Å². The zero-order chi connectivity index (χ0) is 15.7. The van der Waals surface area contributed by atoms with Crippen molar-refractivity contribution in [2.45, 2.75) is 52.1 Å². The van der Waals surface area contributed by atoms with Crippen LogP contribution in [0.5, 0.6) is 0 Å². The Morgan fingerprint density at radius 3 is 2.57 bits per heavy atom. The number of aliphatic hydroxyl groups is 1. The van der Waals surface area contributed by atoms with E-state index in [-0.39, 0.29) is 11.1 Å². The van der Waals surface area contributed by atoms with Gasteiger partial charge < -0.3 is 10.4 Å². The molecular formula is C15H23N3O3. The molecule has 1 fully saturated rings. The molecule has 21 heavy (non-hydrogen) atoms. The quantitative estimate of drug-likeness (QED) is 0.658. The highest BCUT2D eigenvalue weighted by molar-refractivity contribution is 5.49. The SMILES string of the molecule is Cc1cnc(NCC2(O)CCC(C)(C)CC2)cc1[N+](=O)[O-]. The zero-order valence-electron chi connectivity index (χ0n) is 12.8. The number of nitro groups is 1. The van der Waals surface area contributed by atoms with Gasteiger partial charge in [-0.05, 0) is 38.0 Å². The molecule has 2 N–H and O–H groups in total. The number of anilines is 1. The molecule has 1 heterocycles. The molecule has 0 spiro atoms. The predicted octanol–water partition coefficient (Wildman–Crippen LogP) is 3.04. The molecule has 1 saturated carbocycles. The summed E-state index contributed by atoms with van der Waals surface area (Å²) in [6.07, 6.45) is 4.91. The van der Waals surface area contributed by atoms with E-state index in [2.05, 4.69) is 24.1 Å². The third kappa shape index (κ3) is 3.91. The Morgan fingerprint density at radius 1 is 1.38 bits per heavy atom. The summed E-state index contributed by atoms with van der Waals surface area (Å²) in [5.41, 5.74) is 0.109. The second-order valence-corrected chi connectivity index (χ2v) is 6.86. The Morgan fingerprint density at radius 2 is 2.00 bits per heavy atom. The monoisotopic (exact) mass is 293 g/mol. The third-order valence-electron chi connectivity index (χ3n) is 4.40. The Balaban J connectivity index is 2.00. The lowest BCUT2D eigenvalue weighted by Gasteiger charge is -2.40. The smallest absolute Gasteiger partial charge is 0.277 e. The molecule has 1 aliphatic carbocycles. The molecule has 0 aliphatic heterocycles. The van der Waals surface area contributed by atoms with Crippen molar-refractivity contribution in [1.82, 2.24) is 4.98 Å². The van der Waals surface area contributed by atoms with Crippen LogP contribution in [0.25, 0.3) is 0 Å². The molecule has 1 aromatic rings. The Bertz CT molecular complexity index is 533. The fourth-order valence-corrected chi connectivity index (χ4v) is 2.63. The lowest BCUT2D eigenvalue weighted by Crippen LogP contribution is -2.42. The maximum Gasteiger partial charge on any atom is 0.277 e. The first kappa shape index (κ1) is 15.7. The van der Waals surface area contributed by atoms with Crippen LogP contribution in [0.4, 0.5) is 11.5 Å². The van der Waals surface area contributed by atoms with Crippen molar-refractivity contribution in [2.24, 2.45) is 5.41 Å². The van der Waals surface area contributed by atoms with Crippen LogP contribution in [0.3, 0.4) is 0 Å². The summed E-state index contributed by atoms with van der Waals surface area (Å²) < 4.78 is 0. The fourth-order valence-electron chi connectivity index (χ4n) is 2.63. The highest BCUT2D eigenvalue weighted by Crippen LogP contribution is 2.40. The molecular weight excluding hydrogens is 270 g/mol. The van der Waals surface area contributed by atoms with Gasteiger partial charge in [0.1, 0.15) is 5.82 Å². The topological polar surface area (TPSA) is 88.3 Å². The van der Waals surface area contributed by atoms with Crippen molar-refractivity contribution in [3.8, 4) is 0 Å². The van der Waals surface area contributed by atoms with E-state index in [1.54, 1.807) is 6.92 Å². The Hall–Kier alpha value is -1.69. The largest absolute Gasteiger partial charge is 0.388 e.